The van der Waals surface area contributed by atoms with Crippen molar-refractivity contribution in [2.45, 2.75) is 32.0 Å². The van der Waals surface area contributed by atoms with Gasteiger partial charge < -0.3 is 10.1 Å². The highest BCUT2D eigenvalue weighted by Gasteiger charge is 2.48. The van der Waals surface area contributed by atoms with Gasteiger partial charge >= 0.3 is 0 Å². The average Bonchev–Trinajstić information content (AvgIpc) is 2.49. The Morgan fingerprint density at radius 2 is 2.00 bits per heavy atom. The second-order valence-corrected chi connectivity index (χ2v) is 7.64. The van der Waals surface area contributed by atoms with Gasteiger partial charge in [0.25, 0.3) is 0 Å². The van der Waals surface area contributed by atoms with Crippen LogP contribution in [0.5, 0.6) is 5.75 Å². The molecule has 0 saturated carbocycles. The molecule has 2 aromatic carbocycles. The summed E-state index contributed by atoms with van der Waals surface area (Å²) in [6.07, 6.45) is 0.838. The fourth-order valence-corrected chi connectivity index (χ4v) is 4.25. The van der Waals surface area contributed by atoms with E-state index < -0.39 is 5.72 Å². The van der Waals surface area contributed by atoms with Crippen molar-refractivity contribution >= 4 is 38.9 Å². The zero-order valence-electron chi connectivity index (χ0n) is 13.0. The quantitative estimate of drug-likeness (QED) is 0.716. The Labute approximate surface area is 149 Å². The Bertz CT molecular complexity index is 792. The number of ether oxygens (including phenoxy) is 1. The van der Waals surface area contributed by atoms with Gasteiger partial charge in [-0.15, -0.1) is 0 Å². The van der Waals surface area contributed by atoms with Gasteiger partial charge in [-0.05, 0) is 56.4 Å². The molecule has 2 aromatic rings. The maximum atomic E-state index is 6.39. The van der Waals surface area contributed by atoms with Crippen LogP contribution in [0.3, 0.4) is 0 Å². The first kappa shape index (κ1) is 15.0. The molecule has 2 bridgehead atoms. The Balaban J connectivity index is 1.79. The molecule has 1 N–H and O–H groups in total. The van der Waals surface area contributed by atoms with Crippen molar-refractivity contribution in [2.24, 2.45) is 0 Å². The van der Waals surface area contributed by atoms with E-state index in [1.54, 1.807) is 0 Å². The number of benzene rings is 2. The molecule has 0 amide bonds. The molecule has 0 spiro atoms. The highest BCUT2D eigenvalue weighted by molar-refractivity contribution is 9.10. The van der Waals surface area contributed by atoms with Gasteiger partial charge in [0.1, 0.15) is 5.75 Å². The fraction of sp³-hybridized carbons (Fsp3) is 0.278. The summed E-state index contributed by atoms with van der Waals surface area (Å²) in [6.45, 7) is 4.19. The van der Waals surface area contributed by atoms with Crippen LogP contribution < -0.4 is 15.0 Å². The maximum absolute atomic E-state index is 6.39. The van der Waals surface area contributed by atoms with E-state index >= 15 is 0 Å². The molecule has 0 radical (unpaired) electrons. The Kier molecular flexibility index (Phi) is 3.39. The standard InChI is InChI=1S/C18H17BrN2OS/c1-11-3-6-13(7-4-11)21-17(23)20-15-10-18(21,2)22-16-8-5-12(19)9-14(15)16/h3-9,15H,10H2,1-2H3,(H,20,23). The van der Waals surface area contributed by atoms with Gasteiger partial charge in [-0.3, -0.25) is 4.90 Å². The molecule has 2 atom stereocenters. The van der Waals surface area contributed by atoms with Crippen molar-refractivity contribution in [2.75, 3.05) is 4.90 Å². The van der Waals surface area contributed by atoms with Gasteiger partial charge in [0.15, 0.2) is 10.8 Å². The molecule has 1 saturated heterocycles. The largest absolute Gasteiger partial charge is 0.467 e. The van der Waals surface area contributed by atoms with Crippen molar-refractivity contribution in [3.63, 3.8) is 0 Å². The van der Waals surface area contributed by atoms with E-state index in [1.165, 1.54) is 5.56 Å². The second kappa shape index (κ2) is 5.21. The number of rotatable bonds is 1. The summed E-state index contributed by atoms with van der Waals surface area (Å²) < 4.78 is 7.44. The second-order valence-electron chi connectivity index (χ2n) is 6.34. The third kappa shape index (κ3) is 2.42. The first-order valence-corrected chi connectivity index (χ1v) is 8.82. The third-order valence-corrected chi connectivity index (χ3v) is 5.32. The number of nitrogens with one attached hydrogen (secondary N) is 1. The monoisotopic (exact) mass is 388 g/mol. The van der Waals surface area contributed by atoms with Gasteiger partial charge in [0, 0.05) is 22.1 Å². The average molecular weight is 389 g/mol. The molecule has 0 aromatic heterocycles. The van der Waals surface area contributed by atoms with E-state index in [4.69, 9.17) is 17.0 Å². The molecule has 5 heteroatoms. The van der Waals surface area contributed by atoms with Crippen molar-refractivity contribution in [3.05, 3.63) is 58.1 Å². The number of aryl methyl sites for hydroxylation is 1. The molecule has 23 heavy (non-hydrogen) atoms. The van der Waals surface area contributed by atoms with E-state index in [0.29, 0.717) is 5.11 Å². The van der Waals surface area contributed by atoms with E-state index in [1.807, 2.05) is 12.1 Å². The summed E-state index contributed by atoms with van der Waals surface area (Å²) in [5, 5.41) is 4.18. The summed E-state index contributed by atoms with van der Waals surface area (Å²) in [5.74, 6) is 0.916. The summed E-state index contributed by atoms with van der Waals surface area (Å²) >= 11 is 9.19. The van der Waals surface area contributed by atoms with E-state index in [2.05, 4.69) is 70.3 Å². The fourth-order valence-electron chi connectivity index (χ4n) is 3.43. The minimum Gasteiger partial charge on any atom is -0.467 e. The molecule has 118 valence electrons. The summed E-state index contributed by atoms with van der Waals surface area (Å²) in [7, 11) is 0. The lowest BCUT2D eigenvalue weighted by atomic mass is 9.90. The van der Waals surface area contributed by atoms with Crippen LogP contribution in [-0.4, -0.2) is 10.8 Å². The molecule has 2 aliphatic heterocycles. The lowest BCUT2D eigenvalue weighted by Crippen LogP contribution is -2.65. The molecular formula is C18H17BrN2OS. The smallest absolute Gasteiger partial charge is 0.188 e. The third-order valence-electron chi connectivity index (χ3n) is 4.53. The number of hydrogen-bond donors (Lipinski definition) is 1. The van der Waals surface area contributed by atoms with Gasteiger partial charge in [-0.2, -0.15) is 0 Å². The van der Waals surface area contributed by atoms with Crippen LogP contribution >= 0.6 is 28.1 Å². The predicted octanol–water partition coefficient (Wildman–Crippen LogP) is 4.69. The van der Waals surface area contributed by atoms with Crippen molar-refractivity contribution in [1.82, 2.24) is 5.32 Å². The number of fused-ring (bicyclic) bond motifs is 4. The van der Waals surface area contributed by atoms with Crippen molar-refractivity contribution < 1.29 is 4.74 Å². The van der Waals surface area contributed by atoms with E-state index in [0.717, 1.165) is 27.9 Å². The highest BCUT2D eigenvalue weighted by Crippen LogP contribution is 2.46. The molecule has 1 fully saturated rings. The van der Waals surface area contributed by atoms with Crippen LogP contribution in [0.2, 0.25) is 0 Å². The van der Waals surface area contributed by atoms with Crippen LogP contribution in [0.1, 0.15) is 30.5 Å². The minimum atomic E-state index is -0.483. The number of hydrogen-bond acceptors (Lipinski definition) is 2. The number of anilines is 1. The van der Waals surface area contributed by atoms with Gasteiger partial charge in [-0.25, -0.2) is 0 Å². The zero-order valence-corrected chi connectivity index (χ0v) is 15.4. The molecule has 2 unspecified atom stereocenters. The van der Waals surface area contributed by atoms with Crippen LogP contribution in [0, 0.1) is 6.92 Å². The normalized spacial score (nSPS) is 25.4. The van der Waals surface area contributed by atoms with Gasteiger partial charge in [-0.1, -0.05) is 33.6 Å². The molecular weight excluding hydrogens is 372 g/mol. The Morgan fingerprint density at radius 3 is 2.74 bits per heavy atom. The number of thiocarbonyl (C=S) groups is 1. The molecule has 4 rings (SSSR count). The predicted molar refractivity (Wildman–Crippen MR) is 99.9 cm³/mol. The zero-order chi connectivity index (χ0) is 16.2. The minimum absolute atomic E-state index is 0.176. The van der Waals surface area contributed by atoms with Crippen LogP contribution in [-0.2, 0) is 0 Å². The molecule has 0 aliphatic carbocycles. The molecule has 2 heterocycles. The molecule has 2 aliphatic rings. The Morgan fingerprint density at radius 1 is 1.26 bits per heavy atom. The van der Waals surface area contributed by atoms with E-state index in [9.17, 15) is 0 Å². The van der Waals surface area contributed by atoms with Crippen LogP contribution in [0.15, 0.2) is 46.9 Å². The molecule has 3 nitrogen and oxygen atoms in total. The first-order chi connectivity index (χ1) is 11.0. The van der Waals surface area contributed by atoms with Gasteiger partial charge in [0.2, 0.25) is 0 Å². The van der Waals surface area contributed by atoms with Crippen molar-refractivity contribution in [3.8, 4) is 5.75 Å². The SMILES string of the molecule is Cc1ccc(N2C(=S)NC3CC2(C)Oc2ccc(Br)cc23)cc1. The summed E-state index contributed by atoms with van der Waals surface area (Å²) in [4.78, 5) is 2.09. The van der Waals surface area contributed by atoms with Crippen LogP contribution in [0.25, 0.3) is 0 Å². The topological polar surface area (TPSA) is 24.5 Å². The van der Waals surface area contributed by atoms with Gasteiger partial charge in [0.05, 0.1) is 6.04 Å². The first-order valence-electron chi connectivity index (χ1n) is 7.62. The number of nitrogens with zero attached hydrogens (tertiary/aromatic N) is 1. The van der Waals surface area contributed by atoms with E-state index in [-0.39, 0.29) is 6.04 Å². The number of halogens is 1. The summed E-state index contributed by atoms with van der Waals surface area (Å²) in [5.41, 5.74) is 2.95. The maximum Gasteiger partial charge on any atom is 0.188 e. The lowest BCUT2D eigenvalue weighted by Gasteiger charge is -2.52. The Hall–Kier alpha value is -1.59. The lowest BCUT2D eigenvalue weighted by molar-refractivity contribution is 0.0497. The summed E-state index contributed by atoms with van der Waals surface area (Å²) in [6, 6.07) is 14.7. The van der Waals surface area contributed by atoms with Crippen LogP contribution in [0.4, 0.5) is 5.69 Å². The van der Waals surface area contributed by atoms with Crippen molar-refractivity contribution in [1.29, 1.82) is 0 Å². The highest BCUT2D eigenvalue weighted by atomic mass is 79.9.